The van der Waals surface area contributed by atoms with Crippen molar-refractivity contribution in [1.29, 1.82) is 0 Å². The van der Waals surface area contributed by atoms with Gasteiger partial charge in [0.05, 0.1) is 6.10 Å². The molecular weight excluding hydrogens is 334 g/mol. The maximum absolute atomic E-state index is 12.0. The van der Waals surface area contributed by atoms with Gasteiger partial charge in [-0.05, 0) is 31.0 Å². The molecule has 0 aliphatic carbocycles. The van der Waals surface area contributed by atoms with Gasteiger partial charge in [-0.25, -0.2) is 4.79 Å². The first kappa shape index (κ1) is 18.2. The maximum Gasteiger partial charge on any atom is 0.324 e. The second-order valence-corrected chi connectivity index (χ2v) is 5.87. The van der Waals surface area contributed by atoms with Crippen LogP contribution in [0.15, 0.2) is 24.3 Å². The number of carbonyl (C=O) groups is 3. The number of halogens is 1. The smallest absolute Gasteiger partial charge is 0.324 e. The molecule has 0 aromatic heterocycles. The van der Waals surface area contributed by atoms with Crippen molar-refractivity contribution in [2.24, 2.45) is 0 Å². The van der Waals surface area contributed by atoms with E-state index in [0.29, 0.717) is 23.7 Å². The van der Waals surface area contributed by atoms with Gasteiger partial charge in [-0.2, -0.15) is 0 Å². The highest BCUT2D eigenvalue weighted by Crippen LogP contribution is 2.19. The summed E-state index contributed by atoms with van der Waals surface area (Å²) in [5, 5.41) is 13.2. The molecule has 0 saturated carbocycles. The van der Waals surface area contributed by atoms with Gasteiger partial charge in [0.25, 0.3) is 0 Å². The van der Waals surface area contributed by atoms with E-state index in [1.54, 1.807) is 31.2 Å². The minimum Gasteiger partial charge on any atom is -0.388 e. The highest BCUT2D eigenvalue weighted by Gasteiger charge is 2.35. The lowest BCUT2D eigenvalue weighted by molar-refractivity contribution is -0.153. The van der Waals surface area contributed by atoms with Gasteiger partial charge >= 0.3 is 17.8 Å². The molecule has 130 valence electrons. The first-order valence-corrected chi connectivity index (χ1v) is 8.14. The summed E-state index contributed by atoms with van der Waals surface area (Å²) in [7, 11) is 0. The van der Waals surface area contributed by atoms with E-state index in [9.17, 15) is 19.5 Å². The number of benzene rings is 1. The molecule has 1 heterocycles. The Balaban J connectivity index is 1.83. The molecule has 24 heavy (non-hydrogen) atoms. The number of amides is 4. The minimum absolute atomic E-state index is 0.168. The highest BCUT2D eigenvalue weighted by molar-refractivity contribution is 6.38. The number of hydrogen-bond donors (Lipinski definition) is 2. The van der Waals surface area contributed by atoms with Crippen LogP contribution in [0.5, 0.6) is 0 Å². The molecule has 0 spiro atoms. The number of carbonyl (C=O) groups excluding carboxylic acids is 3. The lowest BCUT2D eigenvalue weighted by atomic mass is 10.1. The summed E-state index contributed by atoms with van der Waals surface area (Å²) in [5.41, 5.74) is 0.652. The molecule has 0 radical (unpaired) electrons. The van der Waals surface area contributed by atoms with E-state index in [-0.39, 0.29) is 19.5 Å². The van der Waals surface area contributed by atoms with E-state index in [0.717, 1.165) is 4.90 Å². The molecule has 1 fully saturated rings. The van der Waals surface area contributed by atoms with Crippen LogP contribution in [0.25, 0.3) is 0 Å². The number of aliphatic hydroxyl groups is 1. The zero-order valence-electron chi connectivity index (χ0n) is 13.4. The van der Waals surface area contributed by atoms with Crippen molar-refractivity contribution >= 4 is 29.4 Å². The van der Waals surface area contributed by atoms with E-state index in [1.165, 1.54) is 4.90 Å². The third-order valence-corrected chi connectivity index (χ3v) is 4.10. The Morgan fingerprint density at radius 3 is 2.75 bits per heavy atom. The fourth-order valence-electron chi connectivity index (χ4n) is 2.46. The van der Waals surface area contributed by atoms with Crippen LogP contribution in [-0.2, 0) is 9.59 Å². The van der Waals surface area contributed by atoms with Crippen molar-refractivity contribution in [3.05, 3.63) is 34.9 Å². The van der Waals surface area contributed by atoms with E-state index in [4.69, 9.17) is 11.6 Å². The Morgan fingerprint density at radius 1 is 1.33 bits per heavy atom. The summed E-state index contributed by atoms with van der Waals surface area (Å²) in [6.45, 7) is 2.88. The largest absolute Gasteiger partial charge is 0.388 e. The van der Waals surface area contributed by atoms with Crippen LogP contribution >= 0.6 is 11.6 Å². The number of piperazine rings is 1. The van der Waals surface area contributed by atoms with E-state index in [2.05, 4.69) is 5.32 Å². The van der Waals surface area contributed by atoms with Crippen molar-refractivity contribution in [2.75, 3.05) is 26.2 Å². The van der Waals surface area contributed by atoms with E-state index < -0.39 is 23.9 Å². The fourth-order valence-corrected chi connectivity index (χ4v) is 2.66. The van der Waals surface area contributed by atoms with Gasteiger partial charge in [0, 0.05) is 31.2 Å². The average molecular weight is 354 g/mol. The molecule has 1 unspecified atom stereocenters. The molecule has 4 amide bonds. The summed E-state index contributed by atoms with van der Waals surface area (Å²) < 4.78 is 0. The van der Waals surface area contributed by atoms with Gasteiger partial charge < -0.3 is 15.3 Å². The molecule has 1 aromatic rings. The van der Waals surface area contributed by atoms with Crippen LogP contribution in [0, 0.1) is 0 Å². The van der Waals surface area contributed by atoms with E-state index in [1.807, 2.05) is 0 Å². The second kappa shape index (κ2) is 8.12. The first-order valence-electron chi connectivity index (χ1n) is 7.76. The summed E-state index contributed by atoms with van der Waals surface area (Å²) in [4.78, 5) is 38.0. The number of nitrogens with zero attached hydrogens (tertiary/aromatic N) is 2. The zero-order valence-corrected chi connectivity index (χ0v) is 14.1. The molecule has 1 atom stereocenters. The Bertz CT molecular complexity index is 638. The molecule has 2 rings (SSSR count). The SMILES string of the molecule is CCN1CCN(C(=O)NCCC(O)c2cccc(Cl)c2)C(=O)C1=O. The maximum atomic E-state index is 12.0. The third kappa shape index (κ3) is 4.24. The fraction of sp³-hybridized carbons (Fsp3) is 0.438. The Labute approximate surface area is 145 Å². The van der Waals surface area contributed by atoms with Crippen molar-refractivity contribution in [1.82, 2.24) is 15.1 Å². The van der Waals surface area contributed by atoms with E-state index >= 15 is 0 Å². The number of nitrogens with one attached hydrogen (secondary N) is 1. The molecule has 1 aromatic carbocycles. The standard InChI is InChI=1S/C16H20ClN3O4/c1-2-19-8-9-20(15(23)14(19)22)16(24)18-7-6-13(21)11-4-3-5-12(17)10-11/h3-5,10,13,21H,2,6-9H2,1H3,(H,18,24). The molecule has 1 saturated heterocycles. The number of aliphatic hydroxyl groups excluding tert-OH is 1. The summed E-state index contributed by atoms with van der Waals surface area (Å²) in [5.74, 6) is -1.49. The molecule has 2 N–H and O–H groups in total. The van der Waals surface area contributed by atoms with Crippen molar-refractivity contribution in [3.63, 3.8) is 0 Å². The monoisotopic (exact) mass is 353 g/mol. The zero-order chi connectivity index (χ0) is 17.7. The van der Waals surface area contributed by atoms with Gasteiger partial charge in [-0.1, -0.05) is 23.7 Å². The summed E-state index contributed by atoms with van der Waals surface area (Å²) in [6.07, 6.45) is -0.512. The highest BCUT2D eigenvalue weighted by atomic mass is 35.5. The predicted octanol–water partition coefficient (Wildman–Crippen LogP) is 1.16. The number of hydrogen-bond acceptors (Lipinski definition) is 4. The van der Waals surface area contributed by atoms with Gasteiger partial charge in [0.15, 0.2) is 0 Å². The van der Waals surface area contributed by atoms with Gasteiger partial charge in [-0.15, -0.1) is 0 Å². The van der Waals surface area contributed by atoms with Crippen molar-refractivity contribution < 1.29 is 19.5 Å². The number of urea groups is 1. The Morgan fingerprint density at radius 2 is 2.08 bits per heavy atom. The molecule has 7 nitrogen and oxygen atoms in total. The minimum atomic E-state index is -0.823. The number of likely N-dealkylation sites (N-methyl/N-ethyl adjacent to an activating group) is 1. The third-order valence-electron chi connectivity index (χ3n) is 3.86. The Hall–Kier alpha value is -2.12. The van der Waals surface area contributed by atoms with Crippen LogP contribution in [0.3, 0.4) is 0 Å². The first-order chi connectivity index (χ1) is 11.4. The average Bonchev–Trinajstić information content (AvgIpc) is 2.57. The van der Waals surface area contributed by atoms with Crippen molar-refractivity contribution in [2.45, 2.75) is 19.4 Å². The van der Waals surface area contributed by atoms with Gasteiger partial charge in [-0.3, -0.25) is 14.5 Å². The molecule has 1 aliphatic rings. The quantitative estimate of drug-likeness (QED) is 0.777. The summed E-state index contributed by atoms with van der Waals surface area (Å²) in [6, 6.07) is 6.21. The van der Waals surface area contributed by atoms with Crippen LogP contribution in [0.1, 0.15) is 25.0 Å². The number of rotatable bonds is 5. The number of imide groups is 1. The molecule has 0 bridgehead atoms. The van der Waals surface area contributed by atoms with Gasteiger partial charge in [0.1, 0.15) is 0 Å². The van der Waals surface area contributed by atoms with Crippen LogP contribution in [0.2, 0.25) is 5.02 Å². The lowest BCUT2D eigenvalue weighted by Crippen LogP contribution is -2.58. The Kier molecular flexibility index (Phi) is 6.16. The molecule has 1 aliphatic heterocycles. The predicted molar refractivity (Wildman–Crippen MR) is 88.4 cm³/mol. The topological polar surface area (TPSA) is 89.9 Å². The van der Waals surface area contributed by atoms with Crippen molar-refractivity contribution in [3.8, 4) is 0 Å². The van der Waals surface area contributed by atoms with Crippen LogP contribution in [0.4, 0.5) is 4.79 Å². The normalized spacial score (nSPS) is 16.3. The summed E-state index contributed by atoms with van der Waals surface area (Å²) >= 11 is 5.87. The van der Waals surface area contributed by atoms with Crippen LogP contribution < -0.4 is 5.32 Å². The van der Waals surface area contributed by atoms with Crippen LogP contribution in [-0.4, -0.2) is 58.9 Å². The second-order valence-electron chi connectivity index (χ2n) is 5.43. The molecular formula is C16H20ClN3O4. The van der Waals surface area contributed by atoms with Gasteiger partial charge in [0.2, 0.25) is 0 Å². The lowest BCUT2D eigenvalue weighted by Gasteiger charge is -2.31. The molecule has 8 heteroatoms.